The Balaban J connectivity index is 0.00000613. The molecule has 2 aliphatic rings. The highest BCUT2D eigenvalue weighted by Crippen LogP contribution is 2.14. The van der Waals surface area contributed by atoms with Crippen molar-refractivity contribution in [1.82, 2.24) is 34.7 Å². The molecule has 2 rings (SSSR count). The molecule has 0 aromatic heterocycles. The Morgan fingerprint density at radius 1 is 0.620 bits per heavy atom. The van der Waals surface area contributed by atoms with Crippen molar-refractivity contribution in [3.63, 3.8) is 0 Å². The number of carbonyl (C=O) groups excluding carboxylic acids is 4. The molecule has 0 spiro atoms. The Morgan fingerprint density at radius 3 is 1.40 bits per heavy atom. The second-order valence-corrected chi connectivity index (χ2v) is 15.6. The first-order chi connectivity index (χ1) is 23.2. The number of amides is 4. The first-order valence-corrected chi connectivity index (χ1v) is 18.2. The zero-order valence-electron chi connectivity index (χ0n) is 33.0. The molecule has 1 atom stereocenters. The molecule has 0 aliphatic carbocycles. The number of hydrogen-bond donors (Lipinski definition) is 2. The van der Waals surface area contributed by atoms with Crippen LogP contribution in [0.15, 0.2) is 0 Å². The van der Waals surface area contributed by atoms with Crippen molar-refractivity contribution in [2.45, 2.75) is 99.1 Å². The third kappa shape index (κ3) is 20.1. The first kappa shape index (κ1) is 45.1. The standard InChI is InChI=1S/C33H63N7O8.C2H6/c1-31(2,3)46-28(43)34-10-11-35-12-14-36(15-17-38(26-41)16-13-35)24-27(42)25-37-18-20-39(29(44)47-32(4,5)6)22-23-40(21-19-37)30(45)48-33(7,8)9;1-2/h26-27,42H,10-25H2,1-9H3,(H,34,43);1-2H3. The predicted molar refractivity (Wildman–Crippen MR) is 194 cm³/mol. The second-order valence-electron chi connectivity index (χ2n) is 15.6. The number of nitrogens with zero attached hydrogens (tertiary/aromatic N) is 6. The van der Waals surface area contributed by atoms with Gasteiger partial charge < -0.3 is 39.3 Å². The summed E-state index contributed by atoms with van der Waals surface area (Å²) in [7, 11) is 0. The highest BCUT2D eigenvalue weighted by atomic mass is 16.6. The highest BCUT2D eigenvalue weighted by Gasteiger charge is 2.29. The number of β-amino-alcohol motifs (C(OH)–C–C–N with tert-alkyl or cyclic N) is 1. The number of aliphatic hydroxyl groups excluding tert-OH is 1. The maximum absolute atomic E-state index is 13.0. The minimum absolute atomic E-state index is 0.301. The average Bonchev–Trinajstić information content (AvgIpc) is 3.14. The van der Waals surface area contributed by atoms with Gasteiger partial charge in [0, 0.05) is 105 Å². The number of hydrogen-bond acceptors (Lipinski definition) is 11. The SMILES string of the molecule is CC.CC(C)(C)OC(=O)NCCN1CCN(C=O)CCN(CC(O)CN2CCN(C(=O)OC(C)(C)C)CCN(C(=O)OC(C)(C)C)CC2)CC1. The lowest BCUT2D eigenvalue weighted by molar-refractivity contribution is -0.118. The van der Waals surface area contributed by atoms with Gasteiger partial charge in [-0.05, 0) is 62.3 Å². The lowest BCUT2D eigenvalue weighted by atomic mass is 10.2. The molecule has 2 heterocycles. The Morgan fingerprint density at radius 2 is 0.980 bits per heavy atom. The smallest absolute Gasteiger partial charge is 0.410 e. The molecule has 2 fully saturated rings. The zero-order chi connectivity index (χ0) is 38.1. The van der Waals surface area contributed by atoms with Gasteiger partial charge in [-0.2, -0.15) is 0 Å². The van der Waals surface area contributed by atoms with Crippen molar-refractivity contribution in [3.05, 3.63) is 0 Å². The van der Waals surface area contributed by atoms with Crippen molar-refractivity contribution >= 4 is 24.7 Å². The molecule has 0 bridgehead atoms. The highest BCUT2D eigenvalue weighted by molar-refractivity contribution is 5.69. The lowest BCUT2D eigenvalue weighted by Crippen LogP contribution is -2.47. The summed E-state index contributed by atoms with van der Waals surface area (Å²) in [6.45, 7) is 28.2. The molecular weight excluding hydrogens is 646 g/mol. The summed E-state index contributed by atoms with van der Waals surface area (Å²) in [5.41, 5.74) is -1.90. The van der Waals surface area contributed by atoms with Crippen LogP contribution in [0.5, 0.6) is 0 Å². The molecule has 292 valence electrons. The molecular formula is C35H69N7O8. The summed E-state index contributed by atoms with van der Waals surface area (Å²) in [5, 5.41) is 14.1. The zero-order valence-corrected chi connectivity index (χ0v) is 33.0. The number of ether oxygens (including phenoxy) is 3. The fraction of sp³-hybridized carbons (Fsp3) is 0.886. The van der Waals surface area contributed by atoms with Crippen LogP contribution in [0, 0.1) is 0 Å². The van der Waals surface area contributed by atoms with Gasteiger partial charge in [0.2, 0.25) is 6.41 Å². The molecule has 2 aliphatic heterocycles. The van der Waals surface area contributed by atoms with Gasteiger partial charge in [-0.1, -0.05) is 13.8 Å². The van der Waals surface area contributed by atoms with Crippen molar-refractivity contribution in [3.8, 4) is 0 Å². The van der Waals surface area contributed by atoms with Gasteiger partial charge in [-0.25, -0.2) is 14.4 Å². The fourth-order valence-corrected chi connectivity index (χ4v) is 5.26. The number of rotatable bonds is 8. The van der Waals surface area contributed by atoms with E-state index in [9.17, 15) is 24.3 Å². The topological polar surface area (TPSA) is 148 Å². The van der Waals surface area contributed by atoms with E-state index < -0.39 is 41.2 Å². The van der Waals surface area contributed by atoms with Gasteiger partial charge in [-0.15, -0.1) is 0 Å². The largest absolute Gasteiger partial charge is 0.444 e. The Labute approximate surface area is 301 Å². The van der Waals surface area contributed by atoms with Crippen molar-refractivity contribution < 1.29 is 38.5 Å². The lowest BCUT2D eigenvalue weighted by Gasteiger charge is -2.31. The van der Waals surface area contributed by atoms with Gasteiger partial charge in [0.15, 0.2) is 0 Å². The second kappa shape index (κ2) is 21.5. The van der Waals surface area contributed by atoms with E-state index in [0.29, 0.717) is 105 Å². The van der Waals surface area contributed by atoms with E-state index in [1.165, 1.54) is 0 Å². The van der Waals surface area contributed by atoms with E-state index in [0.717, 1.165) is 6.41 Å². The van der Waals surface area contributed by atoms with Crippen LogP contribution in [0.3, 0.4) is 0 Å². The molecule has 0 saturated carbocycles. The summed E-state index contributed by atoms with van der Waals surface area (Å²) in [6.07, 6.45) is -1.22. The summed E-state index contributed by atoms with van der Waals surface area (Å²) in [5.74, 6) is 0. The summed E-state index contributed by atoms with van der Waals surface area (Å²) in [6, 6.07) is 0. The van der Waals surface area contributed by atoms with Crippen LogP contribution in [0.25, 0.3) is 0 Å². The van der Waals surface area contributed by atoms with E-state index in [1.807, 2.05) is 76.2 Å². The molecule has 0 aromatic rings. The number of aliphatic hydroxyl groups is 1. The molecule has 15 heteroatoms. The van der Waals surface area contributed by atoms with Gasteiger partial charge in [-0.3, -0.25) is 19.5 Å². The van der Waals surface area contributed by atoms with Crippen molar-refractivity contribution in [1.29, 1.82) is 0 Å². The molecule has 1 unspecified atom stereocenters. The van der Waals surface area contributed by atoms with Crippen LogP contribution < -0.4 is 5.32 Å². The van der Waals surface area contributed by atoms with E-state index in [-0.39, 0.29) is 0 Å². The maximum atomic E-state index is 13.0. The molecule has 2 N–H and O–H groups in total. The Bertz CT molecular complexity index is 988. The van der Waals surface area contributed by atoms with E-state index in [4.69, 9.17) is 14.2 Å². The minimum Gasteiger partial charge on any atom is -0.444 e. The third-order valence-corrected chi connectivity index (χ3v) is 7.64. The monoisotopic (exact) mass is 716 g/mol. The maximum Gasteiger partial charge on any atom is 0.410 e. The molecule has 0 radical (unpaired) electrons. The van der Waals surface area contributed by atoms with Crippen LogP contribution >= 0.6 is 0 Å². The van der Waals surface area contributed by atoms with Gasteiger partial charge >= 0.3 is 18.3 Å². The summed E-state index contributed by atoms with van der Waals surface area (Å²) >= 11 is 0. The minimum atomic E-state index is -0.719. The Hall–Kier alpha value is -2.88. The van der Waals surface area contributed by atoms with E-state index >= 15 is 0 Å². The van der Waals surface area contributed by atoms with Crippen LogP contribution in [0.4, 0.5) is 14.4 Å². The quantitative estimate of drug-likeness (QED) is 0.283. The summed E-state index contributed by atoms with van der Waals surface area (Å²) < 4.78 is 16.6. The first-order valence-electron chi connectivity index (χ1n) is 18.2. The number of carbonyl (C=O) groups is 4. The van der Waals surface area contributed by atoms with Crippen LogP contribution in [0.1, 0.15) is 76.2 Å². The molecule has 0 aromatic carbocycles. The van der Waals surface area contributed by atoms with Crippen molar-refractivity contribution in [2.75, 3.05) is 105 Å². The average molecular weight is 716 g/mol. The van der Waals surface area contributed by atoms with Crippen LogP contribution in [0.2, 0.25) is 0 Å². The van der Waals surface area contributed by atoms with E-state index in [2.05, 4.69) is 20.0 Å². The van der Waals surface area contributed by atoms with Gasteiger partial charge in [0.25, 0.3) is 0 Å². The molecule has 50 heavy (non-hydrogen) atoms. The molecule has 15 nitrogen and oxygen atoms in total. The van der Waals surface area contributed by atoms with Crippen molar-refractivity contribution in [2.24, 2.45) is 0 Å². The van der Waals surface area contributed by atoms with Crippen LogP contribution in [-0.2, 0) is 19.0 Å². The molecule has 4 amide bonds. The fourth-order valence-electron chi connectivity index (χ4n) is 5.26. The molecule has 2 saturated heterocycles. The summed E-state index contributed by atoms with van der Waals surface area (Å²) in [4.78, 5) is 61.3. The number of nitrogens with one attached hydrogen (secondary N) is 1. The van der Waals surface area contributed by atoms with Gasteiger partial charge in [0.1, 0.15) is 16.8 Å². The predicted octanol–water partition coefficient (Wildman–Crippen LogP) is 2.76. The normalized spacial score (nSPS) is 18.8. The van der Waals surface area contributed by atoms with Gasteiger partial charge in [0.05, 0.1) is 6.10 Å². The number of alkyl carbamates (subject to hydrolysis) is 1. The van der Waals surface area contributed by atoms with Crippen LogP contribution in [-0.4, -0.2) is 187 Å². The van der Waals surface area contributed by atoms with E-state index in [1.54, 1.807) is 14.7 Å². The third-order valence-electron chi connectivity index (χ3n) is 7.64. The Kier molecular flexibility index (Phi) is 19.4.